The highest BCUT2D eigenvalue weighted by atomic mass is 19.3. The van der Waals surface area contributed by atoms with Gasteiger partial charge in [-0.05, 0) is 24.1 Å². The normalized spacial score (nSPS) is 10.4. The molecule has 0 aromatic heterocycles. The topological polar surface area (TPSA) is 59.6 Å². The predicted octanol–water partition coefficient (Wildman–Crippen LogP) is 1.78. The fourth-order valence-corrected chi connectivity index (χ4v) is 1.49. The Morgan fingerprint density at radius 3 is 2.45 bits per heavy atom. The number of carbonyl (C=O) groups excluding carboxylic acids is 1. The molecule has 0 fully saturated rings. The second-order valence-corrected chi connectivity index (χ2v) is 3.95. The largest absolute Gasteiger partial charge is 0.435 e. The van der Waals surface area contributed by atoms with Gasteiger partial charge in [0.05, 0.1) is 6.61 Å². The summed E-state index contributed by atoms with van der Waals surface area (Å²) in [6.45, 7) is -1.46. The van der Waals surface area contributed by atoms with Gasteiger partial charge in [0.2, 0.25) is 0 Å². The molecule has 0 aliphatic heterocycles. The summed E-state index contributed by atoms with van der Waals surface area (Å²) in [7, 11) is 1.56. The summed E-state index contributed by atoms with van der Waals surface area (Å²) in [4.78, 5) is 11.3. The summed E-state index contributed by atoms with van der Waals surface area (Å²) in [5.41, 5.74) is 0.920. The number of urea groups is 1. The Morgan fingerprint density at radius 2 is 1.85 bits per heavy atom. The third kappa shape index (κ3) is 6.89. The Hall–Kier alpha value is -1.89. The van der Waals surface area contributed by atoms with E-state index in [1.165, 1.54) is 12.1 Å². The minimum Gasteiger partial charge on any atom is -0.435 e. The van der Waals surface area contributed by atoms with Crippen LogP contribution in [0.3, 0.4) is 0 Å². The number of halogens is 2. The second-order valence-electron chi connectivity index (χ2n) is 3.95. The zero-order valence-corrected chi connectivity index (χ0v) is 11.2. The standard InChI is InChI=1S/C13H18F2N2O3/c1-19-9-8-17-13(18)16-7-6-10-2-4-11(5-3-10)20-12(14)15/h2-5,12H,6-9H2,1H3,(H2,16,17,18). The fourth-order valence-electron chi connectivity index (χ4n) is 1.49. The van der Waals surface area contributed by atoms with Crippen LogP contribution in [0.25, 0.3) is 0 Å². The molecule has 0 unspecified atom stereocenters. The zero-order chi connectivity index (χ0) is 14.8. The molecule has 20 heavy (non-hydrogen) atoms. The first kappa shape index (κ1) is 16.2. The minimum absolute atomic E-state index is 0.119. The van der Waals surface area contributed by atoms with E-state index in [1.54, 1.807) is 19.2 Å². The van der Waals surface area contributed by atoms with Crippen LogP contribution >= 0.6 is 0 Å². The first-order valence-corrected chi connectivity index (χ1v) is 6.16. The van der Waals surface area contributed by atoms with E-state index in [-0.39, 0.29) is 11.8 Å². The number of carbonyl (C=O) groups is 1. The van der Waals surface area contributed by atoms with Crippen molar-refractivity contribution in [1.82, 2.24) is 10.6 Å². The van der Waals surface area contributed by atoms with E-state index < -0.39 is 6.61 Å². The average molecular weight is 288 g/mol. The van der Waals surface area contributed by atoms with E-state index in [4.69, 9.17) is 4.74 Å². The van der Waals surface area contributed by atoms with Crippen LogP contribution in [-0.2, 0) is 11.2 Å². The van der Waals surface area contributed by atoms with E-state index in [0.717, 1.165) is 5.56 Å². The lowest BCUT2D eigenvalue weighted by Crippen LogP contribution is -2.38. The molecule has 2 amide bonds. The summed E-state index contributed by atoms with van der Waals surface area (Å²) in [5, 5.41) is 5.30. The van der Waals surface area contributed by atoms with Gasteiger partial charge in [-0.3, -0.25) is 0 Å². The van der Waals surface area contributed by atoms with Crippen molar-refractivity contribution in [3.63, 3.8) is 0 Å². The van der Waals surface area contributed by atoms with Crippen LogP contribution in [0.4, 0.5) is 13.6 Å². The van der Waals surface area contributed by atoms with Crippen molar-refractivity contribution in [1.29, 1.82) is 0 Å². The molecule has 5 nitrogen and oxygen atoms in total. The molecule has 0 bridgehead atoms. The quantitative estimate of drug-likeness (QED) is 0.717. The van der Waals surface area contributed by atoms with E-state index in [2.05, 4.69) is 15.4 Å². The van der Waals surface area contributed by atoms with Gasteiger partial charge in [0.15, 0.2) is 0 Å². The molecule has 0 spiro atoms. The SMILES string of the molecule is COCCNC(=O)NCCc1ccc(OC(F)F)cc1. The zero-order valence-electron chi connectivity index (χ0n) is 11.2. The smallest absolute Gasteiger partial charge is 0.387 e. The molecule has 1 rings (SSSR count). The number of amides is 2. The number of benzene rings is 1. The molecule has 112 valence electrons. The van der Waals surface area contributed by atoms with Crippen LogP contribution in [0.5, 0.6) is 5.75 Å². The van der Waals surface area contributed by atoms with Crippen molar-refractivity contribution in [3.8, 4) is 5.75 Å². The maximum Gasteiger partial charge on any atom is 0.387 e. The maximum absolute atomic E-state index is 12.0. The summed E-state index contributed by atoms with van der Waals surface area (Å²) in [6.07, 6.45) is 0.604. The molecule has 1 aromatic carbocycles. The van der Waals surface area contributed by atoms with Crippen molar-refractivity contribution in [3.05, 3.63) is 29.8 Å². The fraction of sp³-hybridized carbons (Fsp3) is 0.462. The van der Waals surface area contributed by atoms with Crippen LogP contribution in [0.1, 0.15) is 5.56 Å². The van der Waals surface area contributed by atoms with Gasteiger partial charge in [0, 0.05) is 20.2 Å². The van der Waals surface area contributed by atoms with Crippen molar-refractivity contribution in [2.45, 2.75) is 13.0 Å². The van der Waals surface area contributed by atoms with Gasteiger partial charge in [0.1, 0.15) is 5.75 Å². The van der Waals surface area contributed by atoms with Crippen molar-refractivity contribution in [2.75, 3.05) is 26.8 Å². The molecule has 7 heteroatoms. The van der Waals surface area contributed by atoms with Gasteiger partial charge in [0.25, 0.3) is 0 Å². The number of methoxy groups -OCH3 is 1. The van der Waals surface area contributed by atoms with Gasteiger partial charge >= 0.3 is 12.6 Å². The highest BCUT2D eigenvalue weighted by Crippen LogP contribution is 2.14. The first-order chi connectivity index (χ1) is 9.61. The summed E-state index contributed by atoms with van der Waals surface area (Å²) in [6, 6.07) is 6.05. The first-order valence-electron chi connectivity index (χ1n) is 6.16. The molecule has 0 saturated heterocycles. The lowest BCUT2D eigenvalue weighted by Gasteiger charge is -2.08. The molecule has 0 saturated carbocycles. The molecule has 0 atom stereocenters. The molecule has 0 heterocycles. The van der Waals surface area contributed by atoms with Crippen LogP contribution in [0.15, 0.2) is 24.3 Å². The Balaban J connectivity index is 2.23. The number of hydrogen-bond donors (Lipinski definition) is 2. The Morgan fingerprint density at radius 1 is 1.20 bits per heavy atom. The molecule has 1 aromatic rings. The van der Waals surface area contributed by atoms with E-state index in [0.29, 0.717) is 26.1 Å². The van der Waals surface area contributed by atoms with Crippen LogP contribution < -0.4 is 15.4 Å². The molecule has 0 radical (unpaired) electrons. The second kappa shape index (κ2) is 9.08. The molecule has 0 aliphatic carbocycles. The summed E-state index contributed by atoms with van der Waals surface area (Å²) < 4.78 is 32.9. The Bertz CT molecular complexity index is 399. The lowest BCUT2D eigenvalue weighted by molar-refractivity contribution is -0.0498. The Labute approximate surface area is 116 Å². The van der Waals surface area contributed by atoms with Gasteiger partial charge in [-0.1, -0.05) is 12.1 Å². The van der Waals surface area contributed by atoms with Crippen LogP contribution in [0, 0.1) is 0 Å². The number of nitrogens with one attached hydrogen (secondary N) is 2. The van der Waals surface area contributed by atoms with Crippen LogP contribution in [-0.4, -0.2) is 39.4 Å². The molecular formula is C13H18F2N2O3. The minimum atomic E-state index is -2.82. The molecular weight excluding hydrogens is 270 g/mol. The van der Waals surface area contributed by atoms with E-state index in [9.17, 15) is 13.6 Å². The highest BCUT2D eigenvalue weighted by molar-refractivity contribution is 5.73. The number of hydrogen-bond acceptors (Lipinski definition) is 3. The van der Waals surface area contributed by atoms with Crippen LogP contribution in [0.2, 0.25) is 0 Å². The maximum atomic E-state index is 12.0. The summed E-state index contributed by atoms with van der Waals surface area (Å²) in [5.74, 6) is 0.119. The lowest BCUT2D eigenvalue weighted by atomic mass is 10.1. The van der Waals surface area contributed by atoms with Crippen molar-refractivity contribution < 1.29 is 23.0 Å². The average Bonchev–Trinajstić information content (AvgIpc) is 2.40. The van der Waals surface area contributed by atoms with E-state index in [1.807, 2.05) is 0 Å². The van der Waals surface area contributed by atoms with Crippen molar-refractivity contribution in [2.24, 2.45) is 0 Å². The summed E-state index contributed by atoms with van der Waals surface area (Å²) >= 11 is 0. The van der Waals surface area contributed by atoms with Gasteiger partial charge in [-0.25, -0.2) is 4.79 Å². The number of rotatable bonds is 8. The van der Waals surface area contributed by atoms with Gasteiger partial charge in [-0.15, -0.1) is 0 Å². The third-order valence-corrected chi connectivity index (χ3v) is 2.44. The number of alkyl halides is 2. The molecule has 0 aliphatic rings. The van der Waals surface area contributed by atoms with E-state index >= 15 is 0 Å². The predicted molar refractivity (Wildman–Crippen MR) is 70.1 cm³/mol. The highest BCUT2D eigenvalue weighted by Gasteiger charge is 2.04. The number of ether oxygens (including phenoxy) is 2. The van der Waals surface area contributed by atoms with Gasteiger partial charge < -0.3 is 20.1 Å². The van der Waals surface area contributed by atoms with Crippen molar-refractivity contribution >= 4 is 6.03 Å². The Kier molecular flexibility index (Phi) is 7.34. The van der Waals surface area contributed by atoms with Gasteiger partial charge in [-0.2, -0.15) is 8.78 Å². The third-order valence-electron chi connectivity index (χ3n) is 2.44. The molecule has 2 N–H and O–H groups in total. The monoisotopic (exact) mass is 288 g/mol.